The van der Waals surface area contributed by atoms with E-state index < -0.39 is 0 Å². The Morgan fingerprint density at radius 2 is 1.70 bits per heavy atom. The van der Waals surface area contributed by atoms with E-state index in [9.17, 15) is 0 Å². The van der Waals surface area contributed by atoms with Crippen molar-refractivity contribution in [2.75, 3.05) is 24.5 Å². The molecule has 0 saturated carbocycles. The molecule has 1 saturated heterocycles. The predicted molar refractivity (Wildman–Crippen MR) is 85.9 cm³/mol. The Kier molecular flexibility index (Phi) is 4.24. The molecule has 2 nitrogen and oxygen atoms in total. The molecule has 1 heterocycles. The van der Waals surface area contributed by atoms with Gasteiger partial charge in [0.05, 0.1) is 0 Å². The molecular weight excluding hydrogens is 268 g/mol. The van der Waals surface area contributed by atoms with Gasteiger partial charge < -0.3 is 10.2 Å². The Balaban J connectivity index is 1.88. The highest BCUT2D eigenvalue weighted by Gasteiger charge is 2.19. The Hall–Kier alpha value is -1.51. The number of para-hydroxylation sites is 1. The van der Waals surface area contributed by atoms with Crippen LogP contribution in [0.1, 0.15) is 6.42 Å². The molecule has 1 aliphatic heterocycles. The van der Waals surface area contributed by atoms with Gasteiger partial charge >= 0.3 is 0 Å². The minimum atomic E-state index is 0.700. The van der Waals surface area contributed by atoms with Gasteiger partial charge in [0.25, 0.3) is 0 Å². The average molecular weight is 287 g/mol. The van der Waals surface area contributed by atoms with Crippen LogP contribution in [0.3, 0.4) is 0 Å². The monoisotopic (exact) mass is 286 g/mol. The van der Waals surface area contributed by atoms with E-state index in [1.807, 2.05) is 12.1 Å². The number of hydrogen-bond donors (Lipinski definition) is 1. The van der Waals surface area contributed by atoms with Crippen molar-refractivity contribution in [1.29, 1.82) is 0 Å². The number of hydrogen-bond acceptors (Lipinski definition) is 2. The van der Waals surface area contributed by atoms with Crippen molar-refractivity contribution in [3.63, 3.8) is 0 Å². The van der Waals surface area contributed by atoms with Crippen molar-refractivity contribution >= 4 is 23.0 Å². The molecule has 0 unspecified atom stereocenters. The van der Waals surface area contributed by atoms with Gasteiger partial charge in [-0.15, -0.1) is 0 Å². The van der Waals surface area contributed by atoms with E-state index in [-0.39, 0.29) is 0 Å². The van der Waals surface area contributed by atoms with Crippen LogP contribution in [0, 0.1) is 5.92 Å². The topological polar surface area (TPSA) is 15.3 Å². The highest BCUT2D eigenvalue weighted by molar-refractivity contribution is 6.30. The van der Waals surface area contributed by atoms with Gasteiger partial charge in [-0.2, -0.15) is 0 Å². The van der Waals surface area contributed by atoms with Crippen molar-refractivity contribution in [1.82, 2.24) is 5.32 Å². The van der Waals surface area contributed by atoms with E-state index in [1.54, 1.807) is 0 Å². The van der Waals surface area contributed by atoms with Gasteiger partial charge in [-0.05, 0) is 61.8 Å². The number of rotatable bonds is 4. The summed E-state index contributed by atoms with van der Waals surface area (Å²) < 4.78 is 0. The first kappa shape index (κ1) is 13.5. The van der Waals surface area contributed by atoms with Gasteiger partial charge in [-0.1, -0.05) is 29.8 Å². The fourth-order valence-corrected chi connectivity index (χ4v) is 2.84. The summed E-state index contributed by atoms with van der Waals surface area (Å²) in [6, 6.07) is 18.7. The molecule has 3 rings (SSSR count). The fraction of sp³-hybridized carbons (Fsp3) is 0.294. The highest BCUT2D eigenvalue weighted by atomic mass is 35.5. The lowest BCUT2D eigenvalue weighted by Crippen LogP contribution is -2.26. The van der Waals surface area contributed by atoms with Crippen LogP contribution in [-0.4, -0.2) is 19.6 Å². The van der Waals surface area contributed by atoms with Crippen LogP contribution in [-0.2, 0) is 0 Å². The zero-order chi connectivity index (χ0) is 13.8. The molecule has 1 aliphatic rings. The van der Waals surface area contributed by atoms with Crippen LogP contribution in [0.15, 0.2) is 54.6 Å². The molecule has 0 radical (unpaired) electrons. The number of benzene rings is 2. The second-order valence-electron chi connectivity index (χ2n) is 5.28. The molecule has 1 fully saturated rings. The molecule has 2 aromatic carbocycles. The van der Waals surface area contributed by atoms with Crippen LogP contribution in [0.4, 0.5) is 11.4 Å². The fourth-order valence-electron chi connectivity index (χ4n) is 2.72. The molecule has 0 spiro atoms. The van der Waals surface area contributed by atoms with Crippen molar-refractivity contribution in [3.05, 3.63) is 59.6 Å². The Bertz CT molecular complexity index is 533. The van der Waals surface area contributed by atoms with Gasteiger partial charge in [0, 0.05) is 22.9 Å². The second kappa shape index (κ2) is 6.29. The van der Waals surface area contributed by atoms with Crippen LogP contribution in [0.2, 0.25) is 5.02 Å². The van der Waals surface area contributed by atoms with Crippen molar-refractivity contribution in [2.45, 2.75) is 6.42 Å². The molecule has 2 aromatic rings. The first-order valence-electron chi connectivity index (χ1n) is 7.12. The van der Waals surface area contributed by atoms with Crippen LogP contribution in [0.25, 0.3) is 0 Å². The van der Waals surface area contributed by atoms with E-state index in [1.165, 1.54) is 17.8 Å². The lowest BCUT2D eigenvalue weighted by atomic mass is 10.1. The van der Waals surface area contributed by atoms with E-state index >= 15 is 0 Å². The van der Waals surface area contributed by atoms with Gasteiger partial charge in [-0.25, -0.2) is 0 Å². The van der Waals surface area contributed by atoms with Crippen molar-refractivity contribution in [3.8, 4) is 0 Å². The summed E-state index contributed by atoms with van der Waals surface area (Å²) in [6.45, 7) is 3.28. The summed E-state index contributed by atoms with van der Waals surface area (Å²) >= 11 is 6.00. The van der Waals surface area contributed by atoms with Crippen molar-refractivity contribution in [2.24, 2.45) is 5.92 Å². The van der Waals surface area contributed by atoms with Crippen LogP contribution in [0.5, 0.6) is 0 Å². The molecule has 104 valence electrons. The minimum absolute atomic E-state index is 0.700. The quantitative estimate of drug-likeness (QED) is 0.911. The SMILES string of the molecule is Clc1ccc(N(C[C@@H]2CCNC2)c2ccccc2)cc1. The predicted octanol–water partition coefficient (Wildman–Crippen LogP) is 4.09. The summed E-state index contributed by atoms with van der Waals surface area (Å²) in [5.74, 6) is 0.700. The lowest BCUT2D eigenvalue weighted by Gasteiger charge is -2.27. The largest absolute Gasteiger partial charge is 0.341 e. The van der Waals surface area contributed by atoms with Gasteiger partial charge in [0.15, 0.2) is 0 Å². The molecule has 0 bridgehead atoms. The van der Waals surface area contributed by atoms with E-state index in [2.05, 4.69) is 52.7 Å². The number of halogens is 1. The number of anilines is 2. The number of nitrogens with one attached hydrogen (secondary N) is 1. The van der Waals surface area contributed by atoms with Crippen LogP contribution >= 0.6 is 11.6 Å². The highest BCUT2D eigenvalue weighted by Crippen LogP contribution is 2.28. The molecular formula is C17H19ClN2. The van der Waals surface area contributed by atoms with Crippen LogP contribution < -0.4 is 10.2 Å². The zero-order valence-electron chi connectivity index (χ0n) is 11.4. The Labute approximate surface area is 125 Å². The molecule has 20 heavy (non-hydrogen) atoms. The maximum atomic E-state index is 6.00. The average Bonchev–Trinajstić information content (AvgIpc) is 3.00. The molecule has 1 atom stereocenters. The zero-order valence-corrected chi connectivity index (χ0v) is 12.2. The molecule has 3 heteroatoms. The molecule has 0 amide bonds. The molecule has 1 N–H and O–H groups in total. The number of nitrogens with zero attached hydrogens (tertiary/aromatic N) is 1. The third kappa shape index (κ3) is 3.14. The standard InChI is InChI=1S/C17H19ClN2/c18-15-6-8-17(9-7-15)20(13-14-10-11-19-12-14)16-4-2-1-3-5-16/h1-9,14,19H,10-13H2/t14-/m1/s1. The van der Waals surface area contributed by atoms with E-state index in [4.69, 9.17) is 11.6 Å². The Morgan fingerprint density at radius 1 is 1.00 bits per heavy atom. The molecule has 0 aliphatic carbocycles. The third-order valence-corrected chi connectivity index (χ3v) is 4.06. The maximum Gasteiger partial charge on any atom is 0.0411 e. The summed E-state index contributed by atoms with van der Waals surface area (Å²) in [5, 5.41) is 4.22. The molecule has 0 aromatic heterocycles. The first-order valence-corrected chi connectivity index (χ1v) is 7.49. The minimum Gasteiger partial charge on any atom is -0.341 e. The second-order valence-corrected chi connectivity index (χ2v) is 5.72. The van der Waals surface area contributed by atoms with Gasteiger partial charge in [0.2, 0.25) is 0 Å². The summed E-state index contributed by atoms with van der Waals surface area (Å²) in [7, 11) is 0. The van der Waals surface area contributed by atoms with Gasteiger partial charge in [-0.3, -0.25) is 0 Å². The van der Waals surface area contributed by atoms with E-state index in [0.29, 0.717) is 5.92 Å². The van der Waals surface area contributed by atoms with Crippen molar-refractivity contribution < 1.29 is 0 Å². The summed E-state index contributed by atoms with van der Waals surface area (Å²) in [4.78, 5) is 2.38. The Morgan fingerprint density at radius 3 is 2.35 bits per heavy atom. The summed E-state index contributed by atoms with van der Waals surface area (Å²) in [5.41, 5.74) is 2.44. The third-order valence-electron chi connectivity index (χ3n) is 3.81. The normalized spacial score (nSPS) is 18.1. The maximum absolute atomic E-state index is 6.00. The van der Waals surface area contributed by atoms with Gasteiger partial charge in [0.1, 0.15) is 0 Å². The lowest BCUT2D eigenvalue weighted by molar-refractivity contribution is 0.588. The summed E-state index contributed by atoms with van der Waals surface area (Å²) in [6.07, 6.45) is 1.25. The first-order chi connectivity index (χ1) is 9.83. The van der Waals surface area contributed by atoms with E-state index in [0.717, 1.165) is 24.7 Å². The smallest absolute Gasteiger partial charge is 0.0411 e.